The number of nitrogens with zero attached hydrogens (tertiary/aromatic N) is 2. The summed E-state index contributed by atoms with van der Waals surface area (Å²) >= 11 is 0. The minimum atomic E-state index is -0.494. The second-order valence-electron chi connectivity index (χ2n) is 5.00. The standard InChI is InChI=1S/C14H22N2O2/c1-11(17)14-4-3-13(9-15-14)16-7-5-12(6-8-16)10-18-2/h3-4,9,11-12,17H,5-8,10H2,1-2H3. The molecule has 1 saturated heterocycles. The van der Waals surface area contributed by atoms with Crippen LogP contribution in [0.15, 0.2) is 18.3 Å². The van der Waals surface area contributed by atoms with Gasteiger partial charge in [-0.3, -0.25) is 4.98 Å². The van der Waals surface area contributed by atoms with E-state index in [4.69, 9.17) is 4.74 Å². The Morgan fingerprint density at radius 1 is 1.44 bits per heavy atom. The number of pyridine rings is 1. The molecule has 100 valence electrons. The van der Waals surface area contributed by atoms with Crippen molar-refractivity contribution in [2.45, 2.75) is 25.9 Å². The van der Waals surface area contributed by atoms with Crippen LogP contribution in [-0.2, 0) is 4.74 Å². The number of aliphatic hydroxyl groups excluding tert-OH is 1. The summed E-state index contributed by atoms with van der Waals surface area (Å²) in [5.41, 5.74) is 1.88. The van der Waals surface area contributed by atoms with Gasteiger partial charge in [-0.05, 0) is 37.8 Å². The SMILES string of the molecule is COCC1CCN(c2ccc(C(C)O)nc2)CC1. The van der Waals surface area contributed by atoms with Crippen LogP contribution in [0.25, 0.3) is 0 Å². The number of rotatable bonds is 4. The maximum Gasteiger partial charge on any atom is 0.0931 e. The average Bonchev–Trinajstić information content (AvgIpc) is 2.40. The van der Waals surface area contributed by atoms with E-state index in [0.29, 0.717) is 5.92 Å². The predicted molar refractivity (Wildman–Crippen MR) is 71.7 cm³/mol. The molecule has 2 rings (SSSR count). The van der Waals surface area contributed by atoms with Gasteiger partial charge in [-0.2, -0.15) is 0 Å². The number of piperidine rings is 1. The molecule has 1 aromatic heterocycles. The van der Waals surface area contributed by atoms with Crippen molar-refractivity contribution in [2.24, 2.45) is 5.92 Å². The highest BCUT2D eigenvalue weighted by Crippen LogP contribution is 2.23. The topological polar surface area (TPSA) is 45.6 Å². The Balaban J connectivity index is 1.93. The number of ether oxygens (including phenoxy) is 1. The van der Waals surface area contributed by atoms with Crippen molar-refractivity contribution in [3.63, 3.8) is 0 Å². The van der Waals surface area contributed by atoms with Gasteiger partial charge in [0.2, 0.25) is 0 Å². The zero-order valence-corrected chi connectivity index (χ0v) is 11.2. The maximum atomic E-state index is 9.43. The molecule has 4 heteroatoms. The molecule has 1 N–H and O–H groups in total. The first-order valence-corrected chi connectivity index (χ1v) is 6.58. The Kier molecular flexibility index (Phi) is 4.55. The fourth-order valence-corrected chi connectivity index (χ4v) is 2.43. The van der Waals surface area contributed by atoms with Crippen LogP contribution in [0.4, 0.5) is 5.69 Å². The van der Waals surface area contributed by atoms with Crippen molar-refractivity contribution in [1.82, 2.24) is 4.98 Å². The minimum absolute atomic E-state index is 0.494. The Morgan fingerprint density at radius 2 is 2.17 bits per heavy atom. The van der Waals surface area contributed by atoms with Gasteiger partial charge in [0, 0.05) is 26.8 Å². The van der Waals surface area contributed by atoms with E-state index < -0.39 is 6.10 Å². The lowest BCUT2D eigenvalue weighted by molar-refractivity contribution is 0.139. The number of methoxy groups -OCH3 is 1. The molecule has 0 aromatic carbocycles. The Labute approximate surface area is 109 Å². The molecular formula is C14H22N2O2. The monoisotopic (exact) mass is 250 g/mol. The molecule has 18 heavy (non-hydrogen) atoms. The summed E-state index contributed by atoms with van der Waals surface area (Å²) in [6, 6.07) is 3.95. The second-order valence-corrected chi connectivity index (χ2v) is 5.00. The van der Waals surface area contributed by atoms with E-state index in [-0.39, 0.29) is 0 Å². The van der Waals surface area contributed by atoms with E-state index in [0.717, 1.165) is 31.1 Å². The van der Waals surface area contributed by atoms with Crippen LogP contribution in [-0.4, -0.2) is 36.9 Å². The molecular weight excluding hydrogens is 228 g/mol. The molecule has 0 amide bonds. The number of anilines is 1. The molecule has 1 aliphatic heterocycles. The smallest absolute Gasteiger partial charge is 0.0931 e. The van der Waals surface area contributed by atoms with Crippen LogP contribution in [0, 0.1) is 5.92 Å². The van der Waals surface area contributed by atoms with Gasteiger partial charge in [-0.1, -0.05) is 0 Å². The van der Waals surface area contributed by atoms with Crippen LogP contribution in [0.3, 0.4) is 0 Å². The van der Waals surface area contributed by atoms with E-state index >= 15 is 0 Å². The van der Waals surface area contributed by atoms with Gasteiger partial charge < -0.3 is 14.7 Å². The molecule has 0 bridgehead atoms. The molecule has 2 heterocycles. The average molecular weight is 250 g/mol. The van der Waals surface area contributed by atoms with E-state index in [1.807, 2.05) is 18.3 Å². The lowest BCUT2D eigenvalue weighted by Gasteiger charge is -2.33. The van der Waals surface area contributed by atoms with Gasteiger partial charge in [0.25, 0.3) is 0 Å². The van der Waals surface area contributed by atoms with Crippen LogP contribution < -0.4 is 4.90 Å². The molecule has 1 aliphatic rings. The first-order valence-electron chi connectivity index (χ1n) is 6.58. The Hall–Kier alpha value is -1.13. The van der Waals surface area contributed by atoms with E-state index in [2.05, 4.69) is 9.88 Å². The molecule has 0 spiro atoms. The van der Waals surface area contributed by atoms with Crippen molar-refractivity contribution in [3.8, 4) is 0 Å². The zero-order valence-electron chi connectivity index (χ0n) is 11.2. The van der Waals surface area contributed by atoms with Crippen LogP contribution in [0.5, 0.6) is 0 Å². The second kappa shape index (κ2) is 6.16. The van der Waals surface area contributed by atoms with Crippen molar-refractivity contribution >= 4 is 5.69 Å². The third kappa shape index (κ3) is 3.21. The van der Waals surface area contributed by atoms with E-state index in [9.17, 15) is 5.11 Å². The van der Waals surface area contributed by atoms with E-state index in [1.165, 1.54) is 12.8 Å². The van der Waals surface area contributed by atoms with Crippen molar-refractivity contribution in [1.29, 1.82) is 0 Å². The van der Waals surface area contributed by atoms with Gasteiger partial charge in [0.15, 0.2) is 0 Å². The third-order valence-corrected chi connectivity index (χ3v) is 3.58. The third-order valence-electron chi connectivity index (χ3n) is 3.58. The Morgan fingerprint density at radius 3 is 2.67 bits per heavy atom. The van der Waals surface area contributed by atoms with Crippen LogP contribution in [0.2, 0.25) is 0 Å². The first kappa shape index (κ1) is 13.3. The predicted octanol–water partition coefficient (Wildman–Crippen LogP) is 2.00. The highest BCUT2D eigenvalue weighted by molar-refractivity contribution is 5.45. The van der Waals surface area contributed by atoms with Gasteiger partial charge in [-0.15, -0.1) is 0 Å². The summed E-state index contributed by atoms with van der Waals surface area (Å²) in [6.07, 6.45) is 3.71. The molecule has 1 unspecified atom stereocenters. The summed E-state index contributed by atoms with van der Waals surface area (Å²) in [6.45, 7) is 4.72. The van der Waals surface area contributed by atoms with E-state index in [1.54, 1.807) is 14.0 Å². The molecule has 1 atom stereocenters. The molecule has 4 nitrogen and oxygen atoms in total. The molecule has 1 fully saturated rings. The highest BCUT2D eigenvalue weighted by atomic mass is 16.5. The van der Waals surface area contributed by atoms with Crippen molar-refractivity contribution < 1.29 is 9.84 Å². The van der Waals surface area contributed by atoms with Gasteiger partial charge in [-0.25, -0.2) is 0 Å². The summed E-state index contributed by atoms with van der Waals surface area (Å²) in [5, 5.41) is 9.43. The zero-order chi connectivity index (χ0) is 13.0. The van der Waals surface area contributed by atoms with Crippen LogP contribution in [0.1, 0.15) is 31.6 Å². The minimum Gasteiger partial charge on any atom is -0.387 e. The summed E-state index contributed by atoms with van der Waals surface area (Å²) in [7, 11) is 1.77. The molecule has 0 saturated carbocycles. The van der Waals surface area contributed by atoms with Crippen molar-refractivity contribution in [2.75, 3.05) is 31.7 Å². The lowest BCUT2D eigenvalue weighted by atomic mass is 9.97. The first-order chi connectivity index (χ1) is 8.70. The Bertz CT molecular complexity index is 357. The van der Waals surface area contributed by atoms with Gasteiger partial charge in [0.1, 0.15) is 0 Å². The largest absolute Gasteiger partial charge is 0.387 e. The number of aliphatic hydroxyl groups is 1. The normalized spacial score (nSPS) is 18.9. The van der Waals surface area contributed by atoms with Gasteiger partial charge in [0.05, 0.1) is 23.7 Å². The number of hydrogen-bond acceptors (Lipinski definition) is 4. The highest BCUT2D eigenvalue weighted by Gasteiger charge is 2.19. The number of hydrogen-bond donors (Lipinski definition) is 1. The van der Waals surface area contributed by atoms with Crippen molar-refractivity contribution in [3.05, 3.63) is 24.0 Å². The number of aromatic nitrogens is 1. The van der Waals surface area contributed by atoms with Gasteiger partial charge >= 0.3 is 0 Å². The molecule has 0 radical (unpaired) electrons. The fourth-order valence-electron chi connectivity index (χ4n) is 2.43. The molecule has 1 aromatic rings. The summed E-state index contributed by atoms with van der Waals surface area (Å²) in [5.74, 6) is 0.691. The maximum absolute atomic E-state index is 9.43. The quantitative estimate of drug-likeness (QED) is 0.887. The fraction of sp³-hybridized carbons (Fsp3) is 0.643. The van der Waals surface area contributed by atoms with Crippen LogP contribution >= 0.6 is 0 Å². The summed E-state index contributed by atoms with van der Waals surface area (Å²) in [4.78, 5) is 6.64. The lowest BCUT2D eigenvalue weighted by Crippen LogP contribution is -2.35. The molecule has 0 aliphatic carbocycles. The summed E-state index contributed by atoms with van der Waals surface area (Å²) < 4.78 is 5.21.